The second-order valence-corrected chi connectivity index (χ2v) is 9.81. The third-order valence-electron chi connectivity index (χ3n) is 5.55. The summed E-state index contributed by atoms with van der Waals surface area (Å²) in [5.74, 6) is 0.445. The fourth-order valence-corrected chi connectivity index (χ4v) is 3.70. The Hall–Kier alpha value is -0.570. The van der Waals surface area contributed by atoms with Crippen LogP contribution in [0.3, 0.4) is 0 Å². The SMILES string of the molecule is CC(C)(C)CC(C)(C(=O)OCC1CCC2OC2C1)C(C)(C)C. The van der Waals surface area contributed by atoms with E-state index in [2.05, 4.69) is 48.5 Å². The van der Waals surface area contributed by atoms with Crippen molar-refractivity contribution in [2.24, 2.45) is 22.2 Å². The van der Waals surface area contributed by atoms with Crippen molar-refractivity contribution in [3.8, 4) is 0 Å². The van der Waals surface area contributed by atoms with Gasteiger partial charge in [-0.15, -0.1) is 0 Å². The van der Waals surface area contributed by atoms with E-state index in [9.17, 15) is 4.79 Å². The quantitative estimate of drug-likeness (QED) is 0.563. The van der Waals surface area contributed by atoms with Crippen molar-refractivity contribution in [3.05, 3.63) is 0 Å². The molecule has 128 valence electrons. The van der Waals surface area contributed by atoms with E-state index >= 15 is 0 Å². The molecule has 22 heavy (non-hydrogen) atoms. The number of hydrogen-bond donors (Lipinski definition) is 0. The van der Waals surface area contributed by atoms with Gasteiger partial charge in [0.2, 0.25) is 0 Å². The summed E-state index contributed by atoms with van der Waals surface area (Å²) in [5.41, 5.74) is -0.478. The molecule has 1 heterocycles. The molecule has 2 fully saturated rings. The summed E-state index contributed by atoms with van der Waals surface area (Å²) < 4.78 is 11.4. The first-order chi connectivity index (χ1) is 9.92. The van der Waals surface area contributed by atoms with Gasteiger partial charge in [0.05, 0.1) is 24.2 Å². The average molecular weight is 310 g/mol. The maximum Gasteiger partial charge on any atom is 0.312 e. The monoisotopic (exact) mass is 310 g/mol. The van der Waals surface area contributed by atoms with E-state index in [-0.39, 0.29) is 16.8 Å². The Kier molecular flexibility index (Phi) is 4.70. The summed E-state index contributed by atoms with van der Waals surface area (Å²) in [6, 6.07) is 0. The van der Waals surface area contributed by atoms with E-state index in [4.69, 9.17) is 9.47 Å². The fourth-order valence-electron chi connectivity index (χ4n) is 3.70. The number of ether oxygens (including phenoxy) is 2. The molecule has 0 radical (unpaired) electrons. The highest BCUT2D eigenvalue weighted by Gasteiger charge is 2.48. The van der Waals surface area contributed by atoms with Crippen molar-refractivity contribution in [3.63, 3.8) is 0 Å². The van der Waals surface area contributed by atoms with Gasteiger partial charge in [-0.05, 0) is 49.4 Å². The zero-order chi connectivity index (χ0) is 16.8. The third-order valence-corrected chi connectivity index (χ3v) is 5.55. The van der Waals surface area contributed by atoms with Crippen LogP contribution < -0.4 is 0 Å². The van der Waals surface area contributed by atoms with Crippen LogP contribution in [0.5, 0.6) is 0 Å². The zero-order valence-electron chi connectivity index (χ0n) is 15.5. The van der Waals surface area contributed by atoms with E-state index in [1.54, 1.807) is 0 Å². The average Bonchev–Trinajstić information content (AvgIpc) is 3.10. The van der Waals surface area contributed by atoms with E-state index < -0.39 is 5.41 Å². The van der Waals surface area contributed by atoms with Crippen LogP contribution in [0.2, 0.25) is 0 Å². The Labute approximate surface area is 136 Å². The fraction of sp³-hybridized carbons (Fsp3) is 0.947. The molecule has 1 saturated carbocycles. The van der Waals surface area contributed by atoms with Gasteiger partial charge in [0.25, 0.3) is 0 Å². The molecular formula is C19H34O3. The maximum atomic E-state index is 12.9. The molecule has 4 unspecified atom stereocenters. The molecular weight excluding hydrogens is 276 g/mol. The van der Waals surface area contributed by atoms with Crippen molar-refractivity contribution >= 4 is 5.97 Å². The van der Waals surface area contributed by atoms with Crippen LogP contribution in [0, 0.1) is 22.2 Å². The van der Waals surface area contributed by atoms with Crippen molar-refractivity contribution < 1.29 is 14.3 Å². The van der Waals surface area contributed by atoms with Crippen LogP contribution >= 0.6 is 0 Å². The Morgan fingerprint density at radius 1 is 1.05 bits per heavy atom. The molecule has 0 aromatic heterocycles. The lowest BCUT2D eigenvalue weighted by Gasteiger charge is -2.43. The van der Waals surface area contributed by atoms with Crippen LogP contribution in [0.1, 0.15) is 74.1 Å². The second kappa shape index (κ2) is 5.81. The van der Waals surface area contributed by atoms with Gasteiger partial charge in [-0.25, -0.2) is 0 Å². The highest BCUT2D eigenvalue weighted by molar-refractivity contribution is 5.77. The summed E-state index contributed by atoms with van der Waals surface area (Å²) in [5, 5.41) is 0. The first kappa shape index (κ1) is 17.8. The number of hydrogen-bond acceptors (Lipinski definition) is 3. The number of carbonyl (C=O) groups excluding carboxylic acids is 1. The van der Waals surface area contributed by atoms with Crippen molar-refractivity contribution in [1.29, 1.82) is 0 Å². The predicted octanol–water partition coefficient (Wildman–Crippen LogP) is 4.59. The lowest BCUT2D eigenvalue weighted by Crippen LogP contribution is -2.44. The van der Waals surface area contributed by atoms with Gasteiger partial charge in [0, 0.05) is 0 Å². The highest BCUT2D eigenvalue weighted by atomic mass is 16.6. The predicted molar refractivity (Wildman–Crippen MR) is 88.6 cm³/mol. The molecule has 2 rings (SSSR count). The van der Waals surface area contributed by atoms with Gasteiger partial charge < -0.3 is 9.47 Å². The molecule has 0 amide bonds. The Morgan fingerprint density at radius 2 is 1.68 bits per heavy atom. The standard InChI is InChI=1S/C19H34O3/c1-17(2,3)12-19(7,18(4,5)6)16(20)21-11-13-8-9-14-15(10-13)22-14/h13-15H,8-12H2,1-7H3. The van der Waals surface area contributed by atoms with E-state index in [1.807, 2.05) is 0 Å². The zero-order valence-corrected chi connectivity index (χ0v) is 15.5. The van der Waals surface area contributed by atoms with Gasteiger partial charge in [-0.1, -0.05) is 41.5 Å². The third kappa shape index (κ3) is 4.04. The summed E-state index contributed by atoms with van der Waals surface area (Å²) in [6.45, 7) is 15.6. The molecule has 1 saturated heterocycles. The number of rotatable bonds is 4. The molecule has 0 aromatic carbocycles. The van der Waals surface area contributed by atoms with Crippen molar-refractivity contribution in [2.45, 2.75) is 86.4 Å². The minimum atomic E-state index is -0.460. The topological polar surface area (TPSA) is 38.8 Å². The number of epoxide rings is 1. The van der Waals surface area contributed by atoms with Gasteiger partial charge >= 0.3 is 5.97 Å². The van der Waals surface area contributed by atoms with E-state index in [0.29, 0.717) is 24.7 Å². The van der Waals surface area contributed by atoms with Crippen LogP contribution in [0.4, 0.5) is 0 Å². The number of esters is 1. The van der Waals surface area contributed by atoms with Crippen molar-refractivity contribution in [2.75, 3.05) is 6.61 Å². The summed E-state index contributed by atoms with van der Waals surface area (Å²) >= 11 is 0. The maximum absolute atomic E-state index is 12.9. The molecule has 1 aliphatic carbocycles. The first-order valence-electron chi connectivity index (χ1n) is 8.75. The molecule has 4 atom stereocenters. The molecule has 0 spiro atoms. The molecule has 3 nitrogen and oxygen atoms in total. The van der Waals surface area contributed by atoms with Gasteiger partial charge in [0.1, 0.15) is 0 Å². The Bertz CT molecular complexity index is 415. The largest absolute Gasteiger partial charge is 0.465 e. The molecule has 0 N–H and O–H groups in total. The van der Waals surface area contributed by atoms with Gasteiger partial charge in [-0.2, -0.15) is 0 Å². The second-order valence-electron chi connectivity index (χ2n) is 9.81. The van der Waals surface area contributed by atoms with Crippen LogP contribution in [-0.2, 0) is 14.3 Å². The molecule has 0 bridgehead atoms. The molecule has 3 heteroatoms. The van der Waals surface area contributed by atoms with E-state index in [0.717, 1.165) is 25.7 Å². The lowest BCUT2D eigenvalue weighted by molar-refractivity contribution is -0.166. The Balaban J connectivity index is 1.96. The van der Waals surface area contributed by atoms with Crippen LogP contribution in [0.15, 0.2) is 0 Å². The Morgan fingerprint density at radius 3 is 2.18 bits per heavy atom. The molecule has 2 aliphatic rings. The summed E-state index contributed by atoms with van der Waals surface area (Å²) in [6.07, 6.45) is 5.10. The first-order valence-corrected chi connectivity index (χ1v) is 8.75. The van der Waals surface area contributed by atoms with Crippen molar-refractivity contribution in [1.82, 2.24) is 0 Å². The smallest absolute Gasteiger partial charge is 0.312 e. The van der Waals surface area contributed by atoms with Gasteiger partial charge in [0.15, 0.2) is 0 Å². The normalized spacial score (nSPS) is 31.1. The number of carbonyl (C=O) groups is 1. The lowest BCUT2D eigenvalue weighted by atomic mass is 9.61. The minimum absolute atomic E-state index is 0.0336. The number of fused-ring (bicyclic) bond motifs is 1. The summed E-state index contributed by atoms with van der Waals surface area (Å²) in [7, 11) is 0. The highest BCUT2D eigenvalue weighted by Crippen LogP contribution is 2.47. The summed E-state index contributed by atoms with van der Waals surface area (Å²) in [4.78, 5) is 12.9. The molecule has 1 aliphatic heterocycles. The van der Waals surface area contributed by atoms with Crippen LogP contribution in [0.25, 0.3) is 0 Å². The van der Waals surface area contributed by atoms with Gasteiger partial charge in [-0.3, -0.25) is 4.79 Å². The minimum Gasteiger partial charge on any atom is -0.465 e. The van der Waals surface area contributed by atoms with Crippen LogP contribution in [-0.4, -0.2) is 24.8 Å². The molecule has 0 aromatic rings. The van der Waals surface area contributed by atoms with E-state index in [1.165, 1.54) is 0 Å².